The Hall–Kier alpha value is -0.610. The lowest BCUT2D eigenvalue weighted by Gasteiger charge is -2.13. The Morgan fingerprint density at radius 2 is 2.25 bits per heavy atom. The number of nitrogens with zero attached hydrogens (tertiary/aromatic N) is 1. The van der Waals surface area contributed by atoms with Gasteiger partial charge in [0.25, 0.3) is 0 Å². The van der Waals surface area contributed by atoms with Gasteiger partial charge in [0.05, 0.1) is 11.0 Å². The van der Waals surface area contributed by atoms with Crippen LogP contribution in [0.15, 0.2) is 22.7 Å². The van der Waals surface area contributed by atoms with Crippen molar-refractivity contribution in [3.63, 3.8) is 0 Å². The van der Waals surface area contributed by atoms with Gasteiger partial charge in [0.15, 0.2) is 4.77 Å². The standard InChI is InChI=1S/C12H15BrN2S/c1-3-4-8(2)15-11-7-9(13)5-6-10(11)14-12(15)16/h5-8H,3-4H2,1-2H3,(H,14,16). The summed E-state index contributed by atoms with van der Waals surface area (Å²) in [6, 6.07) is 6.65. The van der Waals surface area contributed by atoms with Crippen molar-refractivity contribution in [2.75, 3.05) is 0 Å². The van der Waals surface area contributed by atoms with Crippen molar-refractivity contribution in [1.29, 1.82) is 0 Å². The summed E-state index contributed by atoms with van der Waals surface area (Å²) in [7, 11) is 0. The number of hydrogen-bond donors (Lipinski definition) is 1. The molecule has 0 radical (unpaired) electrons. The van der Waals surface area contributed by atoms with Gasteiger partial charge in [-0.1, -0.05) is 29.3 Å². The molecule has 1 aromatic carbocycles. The number of halogens is 1. The monoisotopic (exact) mass is 298 g/mol. The highest BCUT2D eigenvalue weighted by molar-refractivity contribution is 9.10. The number of hydrogen-bond acceptors (Lipinski definition) is 1. The molecule has 0 aliphatic carbocycles. The fourth-order valence-electron chi connectivity index (χ4n) is 2.08. The van der Waals surface area contributed by atoms with Crippen molar-refractivity contribution >= 4 is 39.2 Å². The lowest BCUT2D eigenvalue weighted by molar-refractivity contribution is 0.507. The third-order valence-electron chi connectivity index (χ3n) is 2.83. The molecule has 4 heteroatoms. The van der Waals surface area contributed by atoms with Crippen LogP contribution in [0, 0.1) is 4.77 Å². The van der Waals surface area contributed by atoms with Crippen LogP contribution in [0.25, 0.3) is 11.0 Å². The molecule has 1 N–H and O–H groups in total. The van der Waals surface area contributed by atoms with E-state index in [2.05, 4.69) is 51.5 Å². The van der Waals surface area contributed by atoms with Crippen LogP contribution in [0.3, 0.4) is 0 Å². The van der Waals surface area contributed by atoms with Crippen molar-refractivity contribution in [2.45, 2.75) is 32.7 Å². The molecule has 86 valence electrons. The van der Waals surface area contributed by atoms with Crippen molar-refractivity contribution in [3.8, 4) is 0 Å². The van der Waals surface area contributed by atoms with Crippen LogP contribution in [0.4, 0.5) is 0 Å². The van der Waals surface area contributed by atoms with Crippen LogP contribution in [0.5, 0.6) is 0 Å². The Balaban J connectivity index is 2.62. The molecule has 2 rings (SSSR count). The first kappa shape index (κ1) is 11.9. The zero-order valence-corrected chi connectivity index (χ0v) is 11.9. The summed E-state index contributed by atoms with van der Waals surface area (Å²) in [5.41, 5.74) is 2.29. The van der Waals surface area contributed by atoms with E-state index in [0.29, 0.717) is 6.04 Å². The second-order valence-corrected chi connectivity index (χ2v) is 5.40. The Bertz CT molecular complexity index is 556. The lowest BCUT2D eigenvalue weighted by Crippen LogP contribution is -2.04. The predicted molar refractivity (Wildman–Crippen MR) is 74.4 cm³/mol. The Labute approximate surface area is 109 Å². The maximum absolute atomic E-state index is 5.38. The number of benzene rings is 1. The second kappa shape index (κ2) is 4.72. The third-order valence-corrected chi connectivity index (χ3v) is 3.62. The molecule has 0 saturated carbocycles. The number of aromatic amines is 1. The normalized spacial score (nSPS) is 13.2. The quantitative estimate of drug-likeness (QED) is 0.806. The molecule has 16 heavy (non-hydrogen) atoms. The van der Waals surface area contributed by atoms with E-state index >= 15 is 0 Å². The van der Waals surface area contributed by atoms with Gasteiger partial charge in [-0.2, -0.15) is 0 Å². The van der Waals surface area contributed by atoms with Crippen LogP contribution < -0.4 is 0 Å². The molecule has 1 heterocycles. The van der Waals surface area contributed by atoms with Crippen molar-refractivity contribution < 1.29 is 0 Å². The van der Waals surface area contributed by atoms with E-state index in [4.69, 9.17) is 12.2 Å². The summed E-state index contributed by atoms with van der Waals surface area (Å²) in [5.74, 6) is 0. The van der Waals surface area contributed by atoms with Gasteiger partial charge >= 0.3 is 0 Å². The van der Waals surface area contributed by atoms with E-state index in [1.807, 2.05) is 6.07 Å². The van der Waals surface area contributed by atoms with Gasteiger partial charge in [-0.05, 0) is 43.8 Å². The first-order valence-corrected chi connectivity index (χ1v) is 6.73. The van der Waals surface area contributed by atoms with Crippen LogP contribution in [-0.2, 0) is 0 Å². The summed E-state index contributed by atoms with van der Waals surface area (Å²) in [4.78, 5) is 3.25. The van der Waals surface area contributed by atoms with Crippen molar-refractivity contribution in [1.82, 2.24) is 9.55 Å². The van der Waals surface area contributed by atoms with Crippen LogP contribution in [0.2, 0.25) is 0 Å². The largest absolute Gasteiger partial charge is 0.331 e. The van der Waals surface area contributed by atoms with Crippen molar-refractivity contribution in [2.24, 2.45) is 0 Å². The smallest absolute Gasteiger partial charge is 0.178 e. The molecule has 0 amide bonds. The summed E-state index contributed by atoms with van der Waals surface area (Å²) in [6.45, 7) is 4.42. The van der Waals surface area contributed by atoms with Gasteiger partial charge in [-0.3, -0.25) is 0 Å². The lowest BCUT2D eigenvalue weighted by atomic mass is 10.2. The van der Waals surface area contributed by atoms with Crippen LogP contribution in [0.1, 0.15) is 32.7 Å². The molecular formula is C12H15BrN2S. The second-order valence-electron chi connectivity index (χ2n) is 4.10. The number of nitrogens with one attached hydrogen (secondary N) is 1. The van der Waals surface area contributed by atoms with Gasteiger partial charge in [0.2, 0.25) is 0 Å². The molecular weight excluding hydrogens is 284 g/mol. The molecule has 0 spiro atoms. The van der Waals surface area contributed by atoms with Gasteiger partial charge in [-0.25, -0.2) is 0 Å². The maximum atomic E-state index is 5.38. The van der Waals surface area contributed by atoms with Gasteiger partial charge in [0.1, 0.15) is 0 Å². The number of aromatic nitrogens is 2. The van der Waals surface area contributed by atoms with E-state index in [1.54, 1.807) is 0 Å². The Kier molecular flexibility index (Phi) is 3.50. The first-order chi connectivity index (χ1) is 7.63. The van der Waals surface area contributed by atoms with Crippen molar-refractivity contribution in [3.05, 3.63) is 27.4 Å². The molecule has 1 unspecified atom stereocenters. The molecule has 0 saturated heterocycles. The zero-order valence-electron chi connectivity index (χ0n) is 9.46. The van der Waals surface area contributed by atoms with E-state index in [-0.39, 0.29) is 0 Å². The minimum atomic E-state index is 0.445. The molecule has 2 nitrogen and oxygen atoms in total. The van der Waals surface area contributed by atoms with Crippen LogP contribution in [-0.4, -0.2) is 9.55 Å². The zero-order chi connectivity index (χ0) is 11.7. The summed E-state index contributed by atoms with van der Waals surface area (Å²) in [5, 5.41) is 0. The minimum absolute atomic E-state index is 0.445. The SMILES string of the molecule is CCCC(C)n1c(=S)[nH]c2ccc(Br)cc21. The summed E-state index contributed by atoms with van der Waals surface area (Å²) in [6.07, 6.45) is 2.32. The molecule has 0 bridgehead atoms. The minimum Gasteiger partial charge on any atom is -0.331 e. The Morgan fingerprint density at radius 1 is 1.50 bits per heavy atom. The predicted octanol–water partition coefficient (Wildman–Crippen LogP) is 4.82. The van der Waals surface area contributed by atoms with E-state index in [9.17, 15) is 0 Å². The molecule has 1 atom stereocenters. The average molecular weight is 299 g/mol. The van der Waals surface area contributed by atoms with Gasteiger partial charge in [-0.15, -0.1) is 0 Å². The first-order valence-electron chi connectivity index (χ1n) is 5.53. The third kappa shape index (κ3) is 2.09. The van der Waals surface area contributed by atoms with E-state index in [0.717, 1.165) is 21.2 Å². The topological polar surface area (TPSA) is 20.7 Å². The molecule has 0 fully saturated rings. The highest BCUT2D eigenvalue weighted by atomic mass is 79.9. The molecule has 0 aliphatic heterocycles. The maximum Gasteiger partial charge on any atom is 0.178 e. The number of rotatable bonds is 3. The molecule has 1 aromatic heterocycles. The average Bonchev–Trinajstić information content (AvgIpc) is 2.53. The number of fused-ring (bicyclic) bond motifs is 1. The van der Waals surface area contributed by atoms with E-state index in [1.165, 1.54) is 11.9 Å². The fourth-order valence-corrected chi connectivity index (χ4v) is 2.82. The van der Waals surface area contributed by atoms with Gasteiger partial charge in [0, 0.05) is 10.5 Å². The van der Waals surface area contributed by atoms with E-state index < -0.39 is 0 Å². The molecule has 2 aromatic rings. The summed E-state index contributed by atoms with van der Waals surface area (Å²) >= 11 is 8.88. The fraction of sp³-hybridized carbons (Fsp3) is 0.417. The number of H-pyrrole nitrogens is 1. The Morgan fingerprint density at radius 3 is 2.94 bits per heavy atom. The van der Waals surface area contributed by atoms with Gasteiger partial charge < -0.3 is 9.55 Å². The summed E-state index contributed by atoms with van der Waals surface area (Å²) < 4.78 is 4.11. The van der Waals surface area contributed by atoms with Crippen LogP contribution >= 0.6 is 28.1 Å². The number of imidazole rings is 1. The highest BCUT2D eigenvalue weighted by Gasteiger charge is 2.10. The highest BCUT2D eigenvalue weighted by Crippen LogP contribution is 2.24. The molecule has 0 aliphatic rings.